The Hall–Kier alpha value is -0.770. The molecule has 0 amide bonds. The SMILES string of the molecule is O=Cc1nc(C2CCCC2)ncc1Br. The standard InChI is InChI=1S/C10H11BrN2O/c11-8-5-12-10(13-9(8)6-14)7-3-1-2-4-7/h5-7H,1-4H2. The van der Waals surface area contributed by atoms with Gasteiger partial charge in [-0.05, 0) is 28.8 Å². The third kappa shape index (κ3) is 1.85. The lowest BCUT2D eigenvalue weighted by molar-refractivity contribution is 0.111. The minimum absolute atomic E-state index is 0.460. The maximum Gasteiger partial charge on any atom is 0.169 e. The molecule has 1 saturated carbocycles. The molecule has 74 valence electrons. The third-order valence-corrected chi connectivity index (χ3v) is 3.23. The number of carbonyl (C=O) groups is 1. The second kappa shape index (κ2) is 4.17. The number of aromatic nitrogens is 2. The van der Waals surface area contributed by atoms with E-state index in [2.05, 4.69) is 25.9 Å². The lowest BCUT2D eigenvalue weighted by Crippen LogP contribution is -2.03. The summed E-state index contributed by atoms with van der Waals surface area (Å²) in [6, 6.07) is 0. The summed E-state index contributed by atoms with van der Waals surface area (Å²) in [5.41, 5.74) is 0.460. The van der Waals surface area contributed by atoms with Crippen LogP contribution in [-0.4, -0.2) is 16.3 Å². The predicted octanol–water partition coefficient (Wildman–Crippen LogP) is 2.71. The Morgan fingerprint density at radius 2 is 2.14 bits per heavy atom. The quantitative estimate of drug-likeness (QED) is 0.763. The molecule has 2 rings (SSSR count). The molecular formula is C10H11BrN2O. The first kappa shape index (κ1) is 9.77. The molecule has 1 aliphatic rings. The summed E-state index contributed by atoms with van der Waals surface area (Å²) < 4.78 is 0.675. The topological polar surface area (TPSA) is 42.9 Å². The Morgan fingerprint density at radius 3 is 2.79 bits per heavy atom. The first-order valence-electron chi connectivity index (χ1n) is 4.79. The summed E-state index contributed by atoms with van der Waals surface area (Å²) in [7, 11) is 0. The maximum atomic E-state index is 10.7. The Balaban J connectivity index is 2.30. The molecule has 0 aromatic carbocycles. The highest BCUT2D eigenvalue weighted by atomic mass is 79.9. The van der Waals surface area contributed by atoms with Crippen LogP contribution in [0.4, 0.5) is 0 Å². The number of halogens is 1. The van der Waals surface area contributed by atoms with Crippen LogP contribution >= 0.6 is 15.9 Å². The van der Waals surface area contributed by atoms with Gasteiger partial charge in [0.1, 0.15) is 11.5 Å². The Bertz CT molecular complexity index is 348. The van der Waals surface area contributed by atoms with Crippen molar-refractivity contribution < 1.29 is 4.79 Å². The van der Waals surface area contributed by atoms with Crippen LogP contribution in [0.1, 0.15) is 47.9 Å². The van der Waals surface area contributed by atoms with Gasteiger partial charge in [0, 0.05) is 12.1 Å². The van der Waals surface area contributed by atoms with Crippen molar-refractivity contribution in [3.8, 4) is 0 Å². The van der Waals surface area contributed by atoms with E-state index < -0.39 is 0 Å². The highest BCUT2D eigenvalue weighted by molar-refractivity contribution is 9.10. The fraction of sp³-hybridized carbons (Fsp3) is 0.500. The van der Waals surface area contributed by atoms with Crippen LogP contribution in [0.15, 0.2) is 10.7 Å². The molecule has 4 heteroatoms. The second-order valence-electron chi connectivity index (χ2n) is 3.56. The number of hydrogen-bond acceptors (Lipinski definition) is 3. The van der Waals surface area contributed by atoms with E-state index in [1.54, 1.807) is 6.20 Å². The first-order chi connectivity index (χ1) is 6.81. The van der Waals surface area contributed by atoms with Gasteiger partial charge < -0.3 is 0 Å². The smallest absolute Gasteiger partial charge is 0.169 e. The monoisotopic (exact) mass is 254 g/mol. The van der Waals surface area contributed by atoms with Crippen LogP contribution in [-0.2, 0) is 0 Å². The van der Waals surface area contributed by atoms with Gasteiger partial charge in [0.05, 0.1) is 4.47 Å². The van der Waals surface area contributed by atoms with Crippen molar-refractivity contribution in [3.63, 3.8) is 0 Å². The van der Waals surface area contributed by atoms with Crippen LogP contribution in [0.2, 0.25) is 0 Å². The van der Waals surface area contributed by atoms with E-state index in [0.29, 0.717) is 16.1 Å². The summed E-state index contributed by atoms with van der Waals surface area (Å²) in [6.07, 6.45) is 7.25. The molecule has 0 N–H and O–H groups in total. The molecule has 0 radical (unpaired) electrons. The minimum Gasteiger partial charge on any atom is -0.296 e. The fourth-order valence-electron chi connectivity index (χ4n) is 1.86. The molecule has 0 spiro atoms. The molecule has 0 aliphatic heterocycles. The number of nitrogens with zero attached hydrogens (tertiary/aromatic N) is 2. The first-order valence-corrected chi connectivity index (χ1v) is 5.58. The van der Waals surface area contributed by atoms with Gasteiger partial charge in [-0.1, -0.05) is 12.8 Å². The van der Waals surface area contributed by atoms with Crippen LogP contribution in [0.3, 0.4) is 0 Å². The summed E-state index contributed by atoms with van der Waals surface area (Å²) in [4.78, 5) is 19.2. The van der Waals surface area contributed by atoms with Crippen LogP contribution < -0.4 is 0 Å². The van der Waals surface area contributed by atoms with Gasteiger partial charge in [-0.3, -0.25) is 4.79 Å². The van der Waals surface area contributed by atoms with Gasteiger partial charge in [-0.25, -0.2) is 9.97 Å². The molecule has 1 aromatic heterocycles. The zero-order valence-corrected chi connectivity index (χ0v) is 9.33. The van der Waals surface area contributed by atoms with E-state index in [1.807, 2.05) is 0 Å². The molecule has 1 aromatic rings. The lowest BCUT2D eigenvalue weighted by Gasteiger charge is -2.07. The van der Waals surface area contributed by atoms with Gasteiger partial charge in [0.25, 0.3) is 0 Å². The van der Waals surface area contributed by atoms with Crippen molar-refractivity contribution in [2.75, 3.05) is 0 Å². The van der Waals surface area contributed by atoms with Crippen LogP contribution in [0.5, 0.6) is 0 Å². The maximum absolute atomic E-state index is 10.7. The zero-order chi connectivity index (χ0) is 9.97. The minimum atomic E-state index is 0.460. The molecule has 1 fully saturated rings. The van der Waals surface area contributed by atoms with Crippen molar-refractivity contribution in [1.82, 2.24) is 9.97 Å². The third-order valence-electron chi connectivity index (χ3n) is 2.62. The molecule has 3 nitrogen and oxygen atoms in total. The highest BCUT2D eigenvalue weighted by Gasteiger charge is 2.20. The number of aldehydes is 1. The van der Waals surface area contributed by atoms with Gasteiger partial charge in [-0.15, -0.1) is 0 Å². The van der Waals surface area contributed by atoms with E-state index in [-0.39, 0.29) is 0 Å². The zero-order valence-electron chi connectivity index (χ0n) is 7.74. The van der Waals surface area contributed by atoms with E-state index in [9.17, 15) is 4.79 Å². The van der Waals surface area contributed by atoms with Crippen LogP contribution in [0, 0.1) is 0 Å². The number of hydrogen-bond donors (Lipinski definition) is 0. The van der Waals surface area contributed by atoms with Gasteiger partial charge in [0.2, 0.25) is 0 Å². The Labute approximate surface area is 91.1 Å². The van der Waals surface area contributed by atoms with Crippen molar-refractivity contribution >= 4 is 22.2 Å². The van der Waals surface area contributed by atoms with Gasteiger partial charge >= 0.3 is 0 Å². The lowest BCUT2D eigenvalue weighted by atomic mass is 10.1. The van der Waals surface area contributed by atoms with E-state index in [0.717, 1.165) is 25.0 Å². The van der Waals surface area contributed by atoms with Gasteiger partial charge in [-0.2, -0.15) is 0 Å². The van der Waals surface area contributed by atoms with Crippen molar-refractivity contribution in [1.29, 1.82) is 0 Å². The summed E-state index contributed by atoms with van der Waals surface area (Å²) in [6.45, 7) is 0. The molecular weight excluding hydrogens is 244 g/mol. The average molecular weight is 255 g/mol. The second-order valence-corrected chi connectivity index (χ2v) is 4.41. The summed E-state index contributed by atoms with van der Waals surface area (Å²) in [5, 5.41) is 0. The number of carbonyl (C=O) groups excluding carboxylic acids is 1. The van der Waals surface area contributed by atoms with E-state index in [1.165, 1.54) is 12.8 Å². The van der Waals surface area contributed by atoms with Crippen molar-refractivity contribution in [2.24, 2.45) is 0 Å². The fourth-order valence-corrected chi connectivity index (χ4v) is 2.14. The Kier molecular flexibility index (Phi) is 2.91. The molecule has 1 heterocycles. The van der Waals surface area contributed by atoms with E-state index in [4.69, 9.17) is 0 Å². The molecule has 0 atom stereocenters. The molecule has 0 bridgehead atoms. The molecule has 0 saturated heterocycles. The normalized spacial score (nSPS) is 17.2. The van der Waals surface area contributed by atoms with Crippen molar-refractivity contribution in [3.05, 3.63) is 22.2 Å². The molecule has 1 aliphatic carbocycles. The average Bonchev–Trinajstić information content (AvgIpc) is 2.71. The van der Waals surface area contributed by atoms with E-state index >= 15 is 0 Å². The highest BCUT2D eigenvalue weighted by Crippen LogP contribution is 2.32. The molecule has 0 unspecified atom stereocenters. The number of rotatable bonds is 2. The van der Waals surface area contributed by atoms with Gasteiger partial charge in [0.15, 0.2) is 6.29 Å². The summed E-state index contributed by atoms with van der Waals surface area (Å²) >= 11 is 3.24. The van der Waals surface area contributed by atoms with Crippen molar-refractivity contribution in [2.45, 2.75) is 31.6 Å². The summed E-state index contributed by atoms with van der Waals surface area (Å²) in [5.74, 6) is 1.29. The van der Waals surface area contributed by atoms with Crippen LogP contribution in [0.25, 0.3) is 0 Å². The molecule has 14 heavy (non-hydrogen) atoms. The largest absolute Gasteiger partial charge is 0.296 e. The predicted molar refractivity (Wildman–Crippen MR) is 56.3 cm³/mol. The Morgan fingerprint density at radius 1 is 1.43 bits per heavy atom.